The molecule has 0 aliphatic rings. The maximum atomic E-state index is 11.9. The highest BCUT2D eigenvalue weighted by molar-refractivity contribution is 7.15. The number of hydrogen-bond donors (Lipinski definition) is 0. The second-order valence-corrected chi connectivity index (χ2v) is 6.78. The number of rotatable bonds is 6. The van der Waals surface area contributed by atoms with Crippen LogP contribution in [0.25, 0.3) is 27.5 Å². The van der Waals surface area contributed by atoms with Gasteiger partial charge in [0.25, 0.3) is 0 Å². The molecule has 0 atom stereocenters. The summed E-state index contributed by atoms with van der Waals surface area (Å²) < 4.78 is 7.58. The number of aldehydes is 1. The van der Waals surface area contributed by atoms with Crippen LogP contribution in [0.5, 0.6) is 5.75 Å². The van der Waals surface area contributed by atoms with Gasteiger partial charge in [0.1, 0.15) is 17.1 Å². The van der Waals surface area contributed by atoms with Gasteiger partial charge < -0.3 is 4.74 Å². The van der Waals surface area contributed by atoms with E-state index in [9.17, 15) is 4.79 Å². The third-order valence-corrected chi connectivity index (χ3v) is 5.01. The van der Waals surface area contributed by atoms with Gasteiger partial charge in [-0.3, -0.25) is 9.20 Å². The van der Waals surface area contributed by atoms with E-state index in [4.69, 9.17) is 4.74 Å². The Morgan fingerprint density at radius 1 is 1.08 bits per heavy atom. The zero-order valence-electron chi connectivity index (χ0n) is 14.4. The van der Waals surface area contributed by atoms with Crippen molar-refractivity contribution in [3.63, 3.8) is 0 Å². The van der Waals surface area contributed by atoms with Crippen LogP contribution >= 0.6 is 11.3 Å². The highest BCUT2D eigenvalue weighted by Crippen LogP contribution is 2.32. The van der Waals surface area contributed by atoms with Crippen LogP contribution in [0.3, 0.4) is 0 Å². The number of carbonyl (C=O) groups is 1. The Morgan fingerprint density at radius 3 is 2.54 bits per heavy atom. The summed E-state index contributed by atoms with van der Waals surface area (Å²) >= 11 is 1.53. The molecule has 130 valence electrons. The van der Waals surface area contributed by atoms with Gasteiger partial charge in [-0.25, -0.2) is 4.98 Å². The molecule has 0 radical (unpaired) electrons. The monoisotopic (exact) mass is 362 g/mol. The maximum absolute atomic E-state index is 11.9. The second-order valence-electron chi connectivity index (χ2n) is 5.94. The first-order valence-corrected chi connectivity index (χ1v) is 9.43. The molecule has 0 amide bonds. The first kappa shape index (κ1) is 16.5. The van der Waals surface area contributed by atoms with Crippen molar-refractivity contribution in [2.75, 3.05) is 6.61 Å². The van der Waals surface area contributed by atoms with E-state index in [0.29, 0.717) is 12.3 Å². The number of fused-ring (bicyclic) bond motifs is 1. The molecule has 26 heavy (non-hydrogen) atoms. The number of ether oxygens (including phenoxy) is 1. The van der Waals surface area contributed by atoms with Gasteiger partial charge in [-0.2, -0.15) is 0 Å². The van der Waals surface area contributed by atoms with E-state index in [1.165, 1.54) is 11.3 Å². The number of aromatic nitrogens is 2. The van der Waals surface area contributed by atoms with Crippen molar-refractivity contribution in [1.29, 1.82) is 0 Å². The SMILES string of the molecule is CCCOc1ccc(-c2csc3nc(-c4ccccc4)c(C=O)n23)cc1. The van der Waals surface area contributed by atoms with Crippen LogP contribution in [0.15, 0.2) is 60.0 Å². The standard InChI is InChI=1S/C21H18N2O2S/c1-2-12-25-17-10-8-15(9-11-17)19-14-26-21-22-20(18(13-24)23(19)21)16-6-4-3-5-7-16/h3-11,13-14H,2,12H2,1H3. The van der Waals surface area contributed by atoms with E-state index in [2.05, 4.69) is 11.9 Å². The van der Waals surface area contributed by atoms with Crippen molar-refractivity contribution < 1.29 is 9.53 Å². The predicted molar refractivity (Wildman–Crippen MR) is 105 cm³/mol. The number of imidazole rings is 1. The minimum atomic E-state index is 0.578. The molecule has 0 spiro atoms. The van der Waals surface area contributed by atoms with Gasteiger partial charge in [0.05, 0.1) is 12.3 Å². The molecule has 5 heteroatoms. The highest BCUT2D eigenvalue weighted by atomic mass is 32.1. The fraction of sp³-hybridized carbons (Fsp3) is 0.143. The normalized spacial score (nSPS) is 11.0. The molecular formula is C21H18N2O2S. The smallest absolute Gasteiger partial charge is 0.195 e. The van der Waals surface area contributed by atoms with Gasteiger partial charge in [0.15, 0.2) is 11.2 Å². The minimum absolute atomic E-state index is 0.578. The van der Waals surface area contributed by atoms with Crippen LogP contribution in [0.1, 0.15) is 23.8 Å². The van der Waals surface area contributed by atoms with Gasteiger partial charge in [-0.05, 0) is 36.2 Å². The Morgan fingerprint density at radius 2 is 1.85 bits per heavy atom. The molecule has 2 heterocycles. The van der Waals surface area contributed by atoms with E-state index >= 15 is 0 Å². The zero-order valence-corrected chi connectivity index (χ0v) is 15.2. The summed E-state index contributed by atoms with van der Waals surface area (Å²) in [7, 11) is 0. The van der Waals surface area contributed by atoms with E-state index in [1.54, 1.807) is 0 Å². The van der Waals surface area contributed by atoms with Crippen LogP contribution in [-0.2, 0) is 0 Å². The Bertz CT molecular complexity index is 1030. The average molecular weight is 362 g/mol. The fourth-order valence-electron chi connectivity index (χ4n) is 2.94. The first-order valence-electron chi connectivity index (χ1n) is 8.55. The predicted octanol–water partition coefficient (Wildman–Crippen LogP) is 5.33. The molecule has 0 saturated carbocycles. The van der Waals surface area contributed by atoms with E-state index in [-0.39, 0.29) is 0 Å². The lowest BCUT2D eigenvalue weighted by atomic mass is 10.1. The van der Waals surface area contributed by atoms with Gasteiger partial charge in [-0.1, -0.05) is 37.3 Å². The van der Waals surface area contributed by atoms with Crippen LogP contribution in [0.2, 0.25) is 0 Å². The molecule has 4 aromatic rings. The van der Waals surface area contributed by atoms with Crippen molar-refractivity contribution in [2.24, 2.45) is 0 Å². The lowest BCUT2D eigenvalue weighted by Crippen LogP contribution is -1.96. The number of nitrogens with zero attached hydrogens (tertiary/aromatic N) is 2. The third kappa shape index (κ3) is 2.91. The summed E-state index contributed by atoms with van der Waals surface area (Å²) in [4.78, 5) is 17.3. The van der Waals surface area contributed by atoms with Crippen LogP contribution < -0.4 is 4.74 Å². The summed E-state index contributed by atoms with van der Waals surface area (Å²) in [6.45, 7) is 2.79. The summed E-state index contributed by atoms with van der Waals surface area (Å²) in [6.07, 6.45) is 1.87. The van der Waals surface area contributed by atoms with E-state index in [0.717, 1.165) is 45.9 Å². The zero-order chi connectivity index (χ0) is 17.9. The van der Waals surface area contributed by atoms with Crippen LogP contribution in [0.4, 0.5) is 0 Å². The Kier molecular flexibility index (Phi) is 4.54. The van der Waals surface area contributed by atoms with Crippen molar-refractivity contribution in [3.8, 4) is 28.3 Å². The largest absolute Gasteiger partial charge is 0.494 e. The summed E-state index contributed by atoms with van der Waals surface area (Å²) in [6, 6.07) is 17.8. The third-order valence-electron chi connectivity index (χ3n) is 4.18. The Hall–Kier alpha value is -2.92. The van der Waals surface area contributed by atoms with Gasteiger partial charge in [-0.15, -0.1) is 11.3 Å². The number of benzene rings is 2. The van der Waals surface area contributed by atoms with Gasteiger partial charge in [0, 0.05) is 10.9 Å². The van der Waals surface area contributed by atoms with Gasteiger partial charge in [0.2, 0.25) is 0 Å². The molecule has 4 nitrogen and oxygen atoms in total. The molecule has 0 unspecified atom stereocenters. The second kappa shape index (κ2) is 7.14. The molecule has 2 aromatic heterocycles. The number of thiazole rings is 1. The highest BCUT2D eigenvalue weighted by Gasteiger charge is 2.18. The fourth-order valence-corrected chi connectivity index (χ4v) is 3.85. The summed E-state index contributed by atoms with van der Waals surface area (Å²) in [5.74, 6) is 0.855. The molecule has 0 bridgehead atoms. The molecule has 0 N–H and O–H groups in total. The van der Waals surface area contributed by atoms with Crippen LogP contribution in [0, 0.1) is 0 Å². The van der Waals surface area contributed by atoms with Crippen molar-refractivity contribution in [3.05, 3.63) is 65.7 Å². The molecule has 0 aliphatic heterocycles. The van der Waals surface area contributed by atoms with Crippen molar-refractivity contribution in [1.82, 2.24) is 9.38 Å². The van der Waals surface area contributed by atoms with Crippen molar-refractivity contribution >= 4 is 22.6 Å². The molecule has 2 aromatic carbocycles. The molecular weight excluding hydrogens is 344 g/mol. The van der Waals surface area contributed by atoms with E-state index in [1.807, 2.05) is 64.4 Å². The number of carbonyl (C=O) groups excluding carboxylic acids is 1. The Labute approximate surface area is 155 Å². The average Bonchev–Trinajstić information content (AvgIpc) is 3.26. The lowest BCUT2D eigenvalue weighted by Gasteiger charge is -2.06. The number of hydrogen-bond acceptors (Lipinski definition) is 4. The lowest BCUT2D eigenvalue weighted by molar-refractivity contribution is 0.111. The summed E-state index contributed by atoms with van der Waals surface area (Å²) in [5.41, 5.74) is 4.23. The Balaban J connectivity index is 1.79. The van der Waals surface area contributed by atoms with E-state index < -0.39 is 0 Å². The molecule has 0 saturated heterocycles. The maximum Gasteiger partial charge on any atom is 0.195 e. The minimum Gasteiger partial charge on any atom is -0.494 e. The molecule has 0 fully saturated rings. The van der Waals surface area contributed by atoms with Crippen LogP contribution in [-0.4, -0.2) is 22.3 Å². The molecule has 4 rings (SSSR count). The first-order chi connectivity index (χ1) is 12.8. The summed E-state index contributed by atoms with van der Waals surface area (Å²) in [5, 5.41) is 2.03. The quantitative estimate of drug-likeness (QED) is 0.435. The molecule has 0 aliphatic carbocycles. The van der Waals surface area contributed by atoms with Gasteiger partial charge >= 0.3 is 0 Å². The topological polar surface area (TPSA) is 43.6 Å². The van der Waals surface area contributed by atoms with Crippen molar-refractivity contribution in [2.45, 2.75) is 13.3 Å².